The Morgan fingerprint density at radius 3 is 2.62 bits per heavy atom. The Hall–Kier alpha value is -2.40. The van der Waals surface area contributed by atoms with Crippen LogP contribution >= 0.6 is 11.3 Å². The van der Waals surface area contributed by atoms with Gasteiger partial charge in [0.1, 0.15) is 0 Å². The minimum atomic E-state index is 0.125. The van der Waals surface area contributed by atoms with Crippen LogP contribution in [0.1, 0.15) is 22.5 Å². The van der Waals surface area contributed by atoms with Gasteiger partial charge in [-0.25, -0.2) is 4.68 Å². The van der Waals surface area contributed by atoms with Crippen molar-refractivity contribution >= 4 is 17.2 Å². The molecule has 2 aromatic heterocycles. The zero-order valence-electron chi connectivity index (χ0n) is 14.2. The van der Waals surface area contributed by atoms with Crippen molar-refractivity contribution in [2.75, 3.05) is 7.05 Å². The molecule has 0 saturated carbocycles. The van der Waals surface area contributed by atoms with E-state index < -0.39 is 0 Å². The SMILES string of the molecule is Cc1nn(-c2ccccc2)c(C)c1CN(C)C(=O)Cc1ccsc1. The minimum absolute atomic E-state index is 0.125. The van der Waals surface area contributed by atoms with Gasteiger partial charge in [-0.2, -0.15) is 16.4 Å². The molecular weight excluding hydrogens is 318 g/mol. The first kappa shape index (κ1) is 16.5. The molecule has 2 heterocycles. The average Bonchev–Trinajstić information content (AvgIpc) is 3.19. The number of likely N-dealkylation sites (N-methyl/N-ethyl adjacent to an activating group) is 1. The Labute approximate surface area is 146 Å². The highest BCUT2D eigenvalue weighted by atomic mass is 32.1. The van der Waals surface area contributed by atoms with E-state index >= 15 is 0 Å². The quantitative estimate of drug-likeness (QED) is 0.710. The summed E-state index contributed by atoms with van der Waals surface area (Å²) < 4.78 is 1.95. The Morgan fingerprint density at radius 2 is 1.96 bits per heavy atom. The van der Waals surface area contributed by atoms with Crippen molar-refractivity contribution in [1.82, 2.24) is 14.7 Å². The molecule has 3 aromatic rings. The van der Waals surface area contributed by atoms with Crippen LogP contribution in [-0.4, -0.2) is 27.6 Å². The molecule has 1 aromatic carbocycles. The van der Waals surface area contributed by atoms with E-state index in [1.54, 1.807) is 16.2 Å². The van der Waals surface area contributed by atoms with Crippen molar-refractivity contribution in [3.63, 3.8) is 0 Å². The molecule has 4 nitrogen and oxygen atoms in total. The molecule has 0 unspecified atom stereocenters. The van der Waals surface area contributed by atoms with Gasteiger partial charge in [0.05, 0.1) is 17.8 Å². The van der Waals surface area contributed by atoms with E-state index in [-0.39, 0.29) is 5.91 Å². The minimum Gasteiger partial charge on any atom is -0.341 e. The molecule has 124 valence electrons. The van der Waals surface area contributed by atoms with Gasteiger partial charge in [0.2, 0.25) is 5.91 Å². The van der Waals surface area contributed by atoms with E-state index in [0.717, 1.165) is 28.2 Å². The van der Waals surface area contributed by atoms with Gasteiger partial charge in [-0.1, -0.05) is 18.2 Å². The maximum Gasteiger partial charge on any atom is 0.227 e. The fourth-order valence-electron chi connectivity index (χ4n) is 2.75. The molecule has 1 amide bonds. The van der Waals surface area contributed by atoms with Crippen molar-refractivity contribution in [3.05, 3.63) is 69.7 Å². The Bertz CT molecular complexity index is 822. The second kappa shape index (κ2) is 7.01. The summed E-state index contributed by atoms with van der Waals surface area (Å²) in [6.45, 7) is 4.63. The summed E-state index contributed by atoms with van der Waals surface area (Å²) in [6.07, 6.45) is 0.449. The topological polar surface area (TPSA) is 38.1 Å². The molecule has 0 N–H and O–H groups in total. The largest absolute Gasteiger partial charge is 0.341 e. The lowest BCUT2D eigenvalue weighted by Crippen LogP contribution is -2.28. The van der Waals surface area contributed by atoms with E-state index in [9.17, 15) is 4.79 Å². The second-order valence-corrected chi connectivity index (χ2v) is 6.73. The zero-order chi connectivity index (χ0) is 17.1. The van der Waals surface area contributed by atoms with E-state index in [1.165, 1.54) is 0 Å². The molecule has 0 radical (unpaired) electrons. The van der Waals surface area contributed by atoms with Crippen LogP contribution in [0.3, 0.4) is 0 Å². The van der Waals surface area contributed by atoms with Crippen molar-refractivity contribution in [1.29, 1.82) is 0 Å². The van der Waals surface area contributed by atoms with Crippen molar-refractivity contribution in [2.24, 2.45) is 0 Å². The molecule has 24 heavy (non-hydrogen) atoms. The number of carbonyl (C=O) groups excluding carboxylic acids is 1. The van der Waals surface area contributed by atoms with Gasteiger partial charge in [0.25, 0.3) is 0 Å². The first-order valence-electron chi connectivity index (χ1n) is 7.92. The molecule has 0 saturated heterocycles. The number of hydrogen-bond acceptors (Lipinski definition) is 3. The molecule has 0 aliphatic rings. The van der Waals surface area contributed by atoms with Crippen LogP contribution in [0, 0.1) is 13.8 Å². The van der Waals surface area contributed by atoms with Crippen LogP contribution in [0.2, 0.25) is 0 Å². The zero-order valence-corrected chi connectivity index (χ0v) is 15.0. The number of hydrogen-bond donors (Lipinski definition) is 0. The van der Waals surface area contributed by atoms with Gasteiger partial charge < -0.3 is 4.90 Å². The molecule has 0 atom stereocenters. The maximum atomic E-state index is 12.4. The fourth-order valence-corrected chi connectivity index (χ4v) is 3.42. The average molecular weight is 339 g/mol. The van der Waals surface area contributed by atoms with E-state index in [2.05, 4.69) is 12.0 Å². The van der Waals surface area contributed by atoms with Crippen LogP contribution in [0.4, 0.5) is 0 Å². The van der Waals surface area contributed by atoms with Gasteiger partial charge in [-0.3, -0.25) is 4.79 Å². The Balaban J connectivity index is 1.78. The third-order valence-corrected chi connectivity index (χ3v) is 4.93. The number of aromatic nitrogens is 2. The first-order valence-corrected chi connectivity index (χ1v) is 8.86. The highest BCUT2D eigenvalue weighted by Gasteiger charge is 2.17. The third-order valence-electron chi connectivity index (χ3n) is 4.20. The summed E-state index contributed by atoms with van der Waals surface area (Å²) in [4.78, 5) is 14.2. The highest BCUT2D eigenvalue weighted by Crippen LogP contribution is 2.19. The predicted octanol–water partition coefficient (Wildman–Crippen LogP) is 3.75. The number of thiophene rings is 1. The molecule has 0 fully saturated rings. The number of amides is 1. The summed E-state index contributed by atoms with van der Waals surface area (Å²) >= 11 is 1.62. The summed E-state index contributed by atoms with van der Waals surface area (Å²) in [5, 5.41) is 8.67. The highest BCUT2D eigenvalue weighted by molar-refractivity contribution is 7.08. The second-order valence-electron chi connectivity index (χ2n) is 5.95. The number of aryl methyl sites for hydroxylation is 1. The Kier molecular flexibility index (Phi) is 4.81. The Morgan fingerprint density at radius 1 is 1.21 bits per heavy atom. The number of carbonyl (C=O) groups is 1. The van der Waals surface area contributed by atoms with Gasteiger partial charge in [-0.15, -0.1) is 0 Å². The molecule has 0 bridgehead atoms. The number of benzene rings is 1. The fraction of sp³-hybridized carbons (Fsp3) is 0.263. The van der Waals surface area contributed by atoms with E-state index in [4.69, 9.17) is 0 Å². The summed E-state index contributed by atoms with van der Waals surface area (Å²) in [7, 11) is 1.85. The summed E-state index contributed by atoms with van der Waals surface area (Å²) in [6, 6.07) is 12.1. The lowest BCUT2D eigenvalue weighted by Gasteiger charge is -2.17. The lowest BCUT2D eigenvalue weighted by molar-refractivity contribution is -0.129. The number of nitrogens with zero attached hydrogens (tertiary/aromatic N) is 3. The van der Waals surface area contributed by atoms with Crippen LogP contribution in [0.25, 0.3) is 5.69 Å². The van der Waals surface area contributed by atoms with Gasteiger partial charge in [-0.05, 0) is 48.4 Å². The molecule has 0 spiro atoms. The van der Waals surface area contributed by atoms with Crippen LogP contribution in [0.5, 0.6) is 0 Å². The van der Waals surface area contributed by atoms with E-state index in [1.807, 2.05) is 65.8 Å². The molecule has 3 rings (SSSR count). The third kappa shape index (κ3) is 3.41. The van der Waals surface area contributed by atoms with Crippen molar-refractivity contribution < 1.29 is 4.79 Å². The molecule has 5 heteroatoms. The molecular formula is C19H21N3OS. The van der Waals surface area contributed by atoms with Gasteiger partial charge in [0.15, 0.2) is 0 Å². The summed E-state index contributed by atoms with van der Waals surface area (Å²) in [5.74, 6) is 0.125. The first-order chi connectivity index (χ1) is 11.6. The summed E-state index contributed by atoms with van der Waals surface area (Å²) in [5.41, 5.74) is 5.27. The molecule has 0 aliphatic carbocycles. The van der Waals surface area contributed by atoms with Gasteiger partial charge in [0, 0.05) is 24.8 Å². The van der Waals surface area contributed by atoms with Crippen LogP contribution < -0.4 is 0 Å². The normalized spacial score (nSPS) is 10.8. The van der Waals surface area contributed by atoms with Gasteiger partial charge >= 0.3 is 0 Å². The van der Waals surface area contributed by atoms with Crippen molar-refractivity contribution in [2.45, 2.75) is 26.8 Å². The monoisotopic (exact) mass is 339 g/mol. The van der Waals surface area contributed by atoms with Crippen molar-refractivity contribution in [3.8, 4) is 5.69 Å². The molecule has 0 aliphatic heterocycles. The predicted molar refractivity (Wildman–Crippen MR) is 97.5 cm³/mol. The van der Waals surface area contributed by atoms with E-state index in [0.29, 0.717) is 13.0 Å². The lowest BCUT2D eigenvalue weighted by atomic mass is 10.1. The maximum absolute atomic E-state index is 12.4. The smallest absolute Gasteiger partial charge is 0.227 e. The van der Waals surface area contributed by atoms with Crippen LogP contribution in [-0.2, 0) is 17.8 Å². The van der Waals surface area contributed by atoms with Crippen LogP contribution in [0.15, 0.2) is 47.2 Å². The number of para-hydroxylation sites is 1. The standard InChI is InChI=1S/C19H21N3OS/c1-14-18(12-21(3)19(23)11-16-9-10-24-13-16)15(2)22(20-14)17-7-5-4-6-8-17/h4-10,13H,11-12H2,1-3H3. The number of rotatable bonds is 5.